The van der Waals surface area contributed by atoms with Crippen LogP contribution in [0.3, 0.4) is 0 Å². The fourth-order valence-corrected chi connectivity index (χ4v) is 0.977. The Balaban J connectivity index is 3.60. The molecule has 0 aromatic heterocycles. The van der Waals surface area contributed by atoms with Gasteiger partial charge in [-0.05, 0) is 27.7 Å². The van der Waals surface area contributed by atoms with Crippen molar-refractivity contribution in [1.82, 2.24) is 10.6 Å². The first-order valence-corrected chi connectivity index (χ1v) is 5.02. The zero-order chi connectivity index (χ0) is 11.2. The van der Waals surface area contributed by atoms with E-state index in [1.54, 1.807) is 0 Å². The predicted molar refractivity (Wildman–Crippen MR) is 60.2 cm³/mol. The van der Waals surface area contributed by atoms with Gasteiger partial charge in [-0.3, -0.25) is 4.79 Å². The molecule has 3 heteroatoms. The molecule has 1 unspecified atom stereocenters. The van der Waals surface area contributed by atoms with Crippen molar-refractivity contribution in [2.45, 2.75) is 45.7 Å². The summed E-state index contributed by atoms with van der Waals surface area (Å²) in [6.45, 7) is 12.3. The molecule has 2 N–H and O–H groups in total. The fraction of sp³-hybridized carbons (Fsp3) is 0.727. The molecule has 0 saturated heterocycles. The summed E-state index contributed by atoms with van der Waals surface area (Å²) in [5.74, 6) is 0.0845. The number of hydrogen-bond acceptors (Lipinski definition) is 2. The monoisotopic (exact) mass is 198 g/mol. The van der Waals surface area contributed by atoms with Gasteiger partial charge >= 0.3 is 0 Å². The highest BCUT2D eigenvalue weighted by Gasteiger charge is 2.12. The Labute approximate surface area is 87.0 Å². The second kappa shape index (κ2) is 5.81. The van der Waals surface area contributed by atoms with Crippen molar-refractivity contribution in [1.29, 1.82) is 0 Å². The van der Waals surface area contributed by atoms with Crippen LogP contribution in [0.5, 0.6) is 0 Å². The van der Waals surface area contributed by atoms with Gasteiger partial charge < -0.3 is 10.6 Å². The van der Waals surface area contributed by atoms with Crippen molar-refractivity contribution in [2.75, 3.05) is 6.54 Å². The molecule has 82 valence electrons. The average molecular weight is 198 g/mol. The van der Waals surface area contributed by atoms with Gasteiger partial charge in [0, 0.05) is 24.5 Å². The van der Waals surface area contributed by atoms with Gasteiger partial charge in [0.1, 0.15) is 0 Å². The van der Waals surface area contributed by atoms with Crippen LogP contribution in [0.4, 0.5) is 0 Å². The summed E-state index contributed by atoms with van der Waals surface area (Å²) >= 11 is 0. The van der Waals surface area contributed by atoms with Gasteiger partial charge in [-0.25, -0.2) is 0 Å². The number of amides is 1. The first kappa shape index (κ1) is 13.2. The van der Waals surface area contributed by atoms with Crippen LogP contribution in [0.2, 0.25) is 0 Å². The van der Waals surface area contributed by atoms with Crippen molar-refractivity contribution in [3.63, 3.8) is 0 Å². The van der Waals surface area contributed by atoms with Crippen molar-refractivity contribution in [3.8, 4) is 0 Å². The van der Waals surface area contributed by atoms with Crippen molar-refractivity contribution < 1.29 is 4.79 Å². The predicted octanol–water partition coefficient (Wildman–Crippen LogP) is 1.46. The summed E-state index contributed by atoms with van der Waals surface area (Å²) < 4.78 is 0. The maximum Gasteiger partial charge on any atom is 0.221 e. The molecule has 0 saturated carbocycles. The van der Waals surface area contributed by atoms with Gasteiger partial charge in [-0.1, -0.05) is 6.08 Å². The fourth-order valence-electron chi connectivity index (χ4n) is 0.977. The third-order valence-corrected chi connectivity index (χ3v) is 1.69. The highest BCUT2D eigenvalue weighted by molar-refractivity contribution is 5.76. The summed E-state index contributed by atoms with van der Waals surface area (Å²) in [4.78, 5) is 11.4. The molecule has 0 radical (unpaired) electrons. The highest BCUT2D eigenvalue weighted by Crippen LogP contribution is 1.98. The lowest BCUT2D eigenvalue weighted by molar-refractivity contribution is -0.122. The van der Waals surface area contributed by atoms with Crippen LogP contribution in [0, 0.1) is 0 Å². The van der Waals surface area contributed by atoms with E-state index in [0.29, 0.717) is 13.0 Å². The lowest BCUT2D eigenvalue weighted by Crippen LogP contribution is -2.42. The summed E-state index contributed by atoms with van der Waals surface area (Å²) in [7, 11) is 0. The second-order valence-corrected chi connectivity index (χ2v) is 4.53. The topological polar surface area (TPSA) is 41.1 Å². The first-order valence-electron chi connectivity index (χ1n) is 5.02. The van der Waals surface area contributed by atoms with Gasteiger partial charge in [0.25, 0.3) is 0 Å². The summed E-state index contributed by atoms with van der Waals surface area (Å²) in [5.41, 5.74) is -0.138. The zero-order valence-electron chi connectivity index (χ0n) is 9.68. The molecule has 0 rings (SSSR count). The standard InChI is InChI=1S/C11H22N2O/c1-6-9(2)12-8-7-10(14)13-11(3,4)5/h6,9,12H,1,7-8H2,2-5H3,(H,13,14). The van der Waals surface area contributed by atoms with E-state index in [0.717, 1.165) is 0 Å². The molecule has 0 aromatic rings. The molecule has 0 fully saturated rings. The molecule has 0 bridgehead atoms. The number of hydrogen-bond donors (Lipinski definition) is 2. The molecule has 3 nitrogen and oxygen atoms in total. The van der Waals surface area contributed by atoms with E-state index in [1.165, 1.54) is 0 Å². The van der Waals surface area contributed by atoms with Crippen molar-refractivity contribution in [2.24, 2.45) is 0 Å². The molecular weight excluding hydrogens is 176 g/mol. The number of rotatable bonds is 5. The molecule has 14 heavy (non-hydrogen) atoms. The molecule has 0 aliphatic heterocycles. The smallest absolute Gasteiger partial charge is 0.221 e. The van der Waals surface area contributed by atoms with Gasteiger partial charge in [-0.2, -0.15) is 0 Å². The summed E-state index contributed by atoms with van der Waals surface area (Å²) in [5, 5.41) is 6.08. The molecule has 1 amide bonds. The number of nitrogens with one attached hydrogen (secondary N) is 2. The molecule has 0 heterocycles. The Hall–Kier alpha value is -0.830. The highest BCUT2D eigenvalue weighted by atomic mass is 16.1. The van der Waals surface area contributed by atoms with Crippen LogP contribution < -0.4 is 10.6 Å². The van der Waals surface area contributed by atoms with E-state index < -0.39 is 0 Å². The minimum absolute atomic E-state index is 0.0845. The third kappa shape index (κ3) is 7.80. The first-order chi connectivity index (χ1) is 6.35. The average Bonchev–Trinajstić information content (AvgIpc) is 2.00. The van der Waals surface area contributed by atoms with E-state index in [4.69, 9.17) is 0 Å². The molecular formula is C11H22N2O. The quantitative estimate of drug-likeness (QED) is 0.657. The Bertz CT molecular complexity index is 194. The molecule has 0 spiro atoms. The molecule has 0 aliphatic carbocycles. The molecule has 1 atom stereocenters. The van der Waals surface area contributed by atoms with E-state index >= 15 is 0 Å². The van der Waals surface area contributed by atoms with Gasteiger partial charge in [0.05, 0.1) is 0 Å². The van der Waals surface area contributed by atoms with E-state index in [9.17, 15) is 4.79 Å². The van der Waals surface area contributed by atoms with E-state index in [2.05, 4.69) is 17.2 Å². The van der Waals surface area contributed by atoms with Crippen LogP contribution >= 0.6 is 0 Å². The number of carbonyl (C=O) groups is 1. The Morgan fingerprint density at radius 2 is 2.07 bits per heavy atom. The summed E-state index contributed by atoms with van der Waals surface area (Å²) in [6, 6.07) is 0.262. The van der Waals surface area contributed by atoms with Crippen LogP contribution in [0.15, 0.2) is 12.7 Å². The molecule has 0 aromatic carbocycles. The summed E-state index contributed by atoms with van der Waals surface area (Å²) in [6.07, 6.45) is 2.33. The van der Waals surface area contributed by atoms with E-state index in [1.807, 2.05) is 33.8 Å². The number of carbonyl (C=O) groups excluding carboxylic acids is 1. The largest absolute Gasteiger partial charge is 0.351 e. The lowest BCUT2D eigenvalue weighted by atomic mass is 10.1. The lowest BCUT2D eigenvalue weighted by Gasteiger charge is -2.20. The van der Waals surface area contributed by atoms with Crippen LogP contribution in [0.1, 0.15) is 34.1 Å². The second-order valence-electron chi connectivity index (χ2n) is 4.53. The Kier molecular flexibility index (Phi) is 5.46. The van der Waals surface area contributed by atoms with Crippen LogP contribution in [0.25, 0.3) is 0 Å². The normalized spacial score (nSPS) is 13.4. The van der Waals surface area contributed by atoms with Crippen molar-refractivity contribution >= 4 is 5.91 Å². The van der Waals surface area contributed by atoms with Crippen LogP contribution in [-0.2, 0) is 4.79 Å². The molecule has 0 aliphatic rings. The third-order valence-electron chi connectivity index (χ3n) is 1.69. The van der Waals surface area contributed by atoms with Crippen LogP contribution in [-0.4, -0.2) is 24.0 Å². The minimum atomic E-state index is -0.138. The van der Waals surface area contributed by atoms with Gasteiger partial charge in [0.2, 0.25) is 5.91 Å². The zero-order valence-corrected chi connectivity index (χ0v) is 9.68. The van der Waals surface area contributed by atoms with Crippen molar-refractivity contribution in [3.05, 3.63) is 12.7 Å². The Morgan fingerprint density at radius 3 is 2.50 bits per heavy atom. The van der Waals surface area contributed by atoms with E-state index in [-0.39, 0.29) is 17.5 Å². The maximum atomic E-state index is 11.4. The van der Waals surface area contributed by atoms with Gasteiger partial charge in [0.15, 0.2) is 0 Å². The maximum absolute atomic E-state index is 11.4. The van der Waals surface area contributed by atoms with Gasteiger partial charge in [-0.15, -0.1) is 6.58 Å². The minimum Gasteiger partial charge on any atom is -0.351 e. The SMILES string of the molecule is C=CC(C)NCCC(=O)NC(C)(C)C. The Morgan fingerprint density at radius 1 is 1.50 bits per heavy atom.